The fourth-order valence-electron chi connectivity index (χ4n) is 1.73. The van der Waals surface area contributed by atoms with E-state index < -0.39 is 5.41 Å². The Morgan fingerprint density at radius 2 is 1.88 bits per heavy atom. The molecule has 1 aromatic carbocycles. The van der Waals surface area contributed by atoms with Crippen molar-refractivity contribution in [1.82, 2.24) is 0 Å². The average molecular weight is 273 g/mol. The first kappa shape index (κ1) is 12.5. The van der Waals surface area contributed by atoms with Gasteiger partial charge in [0.2, 0.25) is 5.91 Å². The van der Waals surface area contributed by atoms with Crippen molar-refractivity contribution < 1.29 is 4.79 Å². The zero-order chi connectivity index (χ0) is 12.6. The first-order valence-corrected chi connectivity index (χ1v) is 6.26. The minimum Gasteiger partial charge on any atom is -0.382 e. The van der Waals surface area contributed by atoms with E-state index in [-0.39, 0.29) is 5.91 Å². The lowest BCUT2D eigenvalue weighted by Crippen LogP contribution is -2.36. The third kappa shape index (κ3) is 2.22. The van der Waals surface area contributed by atoms with Crippen molar-refractivity contribution in [2.75, 3.05) is 17.2 Å². The second-order valence-electron chi connectivity index (χ2n) is 4.53. The summed E-state index contributed by atoms with van der Waals surface area (Å²) in [5.74, 6) is 0.00430. The van der Waals surface area contributed by atoms with E-state index in [1.807, 2.05) is 13.8 Å². The number of fused-ring (bicyclic) bond motifs is 1. The molecule has 1 aromatic rings. The average Bonchev–Trinajstić information content (AvgIpc) is 2.41. The van der Waals surface area contributed by atoms with Crippen LogP contribution >= 0.6 is 23.2 Å². The maximum absolute atomic E-state index is 12.1. The highest BCUT2D eigenvalue weighted by atomic mass is 35.5. The van der Waals surface area contributed by atoms with Crippen LogP contribution in [0.2, 0.25) is 10.0 Å². The molecule has 0 spiro atoms. The topological polar surface area (TPSA) is 41.1 Å². The standard InChI is InChI=1S/C12H14Cl2N2O/c1-3-12(2)6-15-9-4-7(13)8(14)5-10(9)16-11(12)17/h4-5,15H,3,6H2,1-2H3,(H,16,17). The third-order valence-electron chi connectivity index (χ3n) is 3.31. The van der Waals surface area contributed by atoms with Gasteiger partial charge >= 0.3 is 0 Å². The van der Waals surface area contributed by atoms with E-state index in [1.165, 1.54) is 0 Å². The Morgan fingerprint density at radius 1 is 1.29 bits per heavy atom. The molecule has 5 heteroatoms. The highest BCUT2D eigenvalue weighted by Crippen LogP contribution is 2.37. The van der Waals surface area contributed by atoms with Gasteiger partial charge in [0.05, 0.1) is 26.8 Å². The van der Waals surface area contributed by atoms with Gasteiger partial charge in [-0.2, -0.15) is 0 Å². The molecule has 1 unspecified atom stereocenters. The number of benzene rings is 1. The van der Waals surface area contributed by atoms with E-state index in [0.29, 0.717) is 22.3 Å². The molecule has 2 N–H and O–H groups in total. The number of anilines is 2. The van der Waals surface area contributed by atoms with E-state index in [0.717, 1.165) is 12.1 Å². The normalized spacial score (nSPS) is 23.4. The Hall–Kier alpha value is -0.930. The molecule has 0 radical (unpaired) electrons. The number of carbonyl (C=O) groups excluding carboxylic acids is 1. The van der Waals surface area contributed by atoms with Crippen molar-refractivity contribution in [3.63, 3.8) is 0 Å². The maximum Gasteiger partial charge on any atom is 0.232 e. The summed E-state index contributed by atoms with van der Waals surface area (Å²) in [5, 5.41) is 7.04. The number of rotatable bonds is 1. The lowest BCUT2D eigenvalue weighted by Gasteiger charge is -2.23. The molecule has 1 atom stereocenters. The molecule has 1 aliphatic rings. The molecular weight excluding hydrogens is 259 g/mol. The van der Waals surface area contributed by atoms with Crippen LogP contribution in [0.1, 0.15) is 20.3 Å². The molecule has 1 heterocycles. The summed E-state index contributed by atoms with van der Waals surface area (Å²) in [6.07, 6.45) is 0.765. The van der Waals surface area contributed by atoms with Crippen LogP contribution in [0.5, 0.6) is 0 Å². The van der Waals surface area contributed by atoms with Gasteiger partial charge in [0.1, 0.15) is 0 Å². The molecular formula is C12H14Cl2N2O. The van der Waals surface area contributed by atoms with Crippen LogP contribution < -0.4 is 10.6 Å². The van der Waals surface area contributed by atoms with Gasteiger partial charge in [-0.1, -0.05) is 30.1 Å². The summed E-state index contributed by atoms with van der Waals surface area (Å²) in [6, 6.07) is 3.41. The molecule has 0 fully saturated rings. The van der Waals surface area contributed by atoms with Gasteiger partial charge in [-0.25, -0.2) is 0 Å². The van der Waals surface area contributed by atoms with Crippen LogP contribution in [0, 0.1) is 5.41 Å². The van der Waals surface area contributed by atoms with Crippen molar-refractivity contribution in [2.45, 2.75) is 20.3 Å². The number of hydrogen-bond acceptors (Lipinski definition) is 2. The molecule has 3 nitrogen and oxygen atoms in total. The number of carbonyl (C=O) groups is 1. The van der Waals surface area contributed by atoms with Gasteiger partial charge in [0.15, 0.2) is 0 Å². The third-order valence-corrected chi connectivity index (χ3v) is 4.03. The van der Waals surface area contributed by atoms with Crippen LogP contribution in [0.25, 0.3) is 0 Å². The lowest BCUT2D eigenvalue weighted by molar-refractivity contribution is -0.124. The summed E-state index contributed by atoms with van der Waals surface area (Å²) >= 11 is 11.9. The summed E-state index contributed by atoms with van der Waals surface area (Å²) < 4.78 is 0. The monoisotopic (exact) mass is 272 g/mol. The van der Waals surface area contributed by atoms with Crippen molar-refractivity contribution in [1.29, 1.82) is 0 Å². The molecule has 0 aliphatic carbocycles. The lowest BCUT2D eigenvalue weighted by atomic mass is 9.86. The van der Waals surface area contributed by atoms with Crippen LogP contribution in [0.15, 0.2) is 12.1 Å². The predicted molar refractivity (Wildman–Crippen MR) is 72.0 cm³/mol. The number of hydrogen-bond donors (Lipinski definition) is 2. The first-order chi connectivity index (χ1) is 7.96. The summed E-state index contributed by atoms with van der Waals surface area (Å²) in [4.78, 5) is 12.1. The minimum absolute atomic E-state index is 0.00430. The Labute approximate surface area is 110 Å². The summed E-state index contributed by atoms with van der Waals surface area (Å²) in [5.41, 5.74) is 1.07. The molecule has 92 valence electrons. The zero-order valence-electron chi connectivity index (χ0n) is 9.73. The molecule has 0 bridgehead atoms. The van der Waals surface area contributed by atoms with Gasteiger partial charge in [-0.15, -0.1) is 0 Å². The SMILES string of the molecule is CCC1(C)CNc2cc(Cl)c(Cl)cc2NC1=O. The Morgan fingerprint density at radius 3 is 2.47 bits per heavy atom. The van der Waals surface area contributed by atoms with Gasteiger partial charge in [-0.3, -0.25) is 4.79 Å². The highest BCUT2D eigenvalue weighted by molar-refractivity contribution is 6.42. The van der Waals surface area contributed by atoms with E-state index in [4.69, 9.17) is 23.2 Å². The van der Waals surface area contributed by atoms with E-state index in [1.54, 1.807) is 12.1 Å². The Balaban J connectivity index is 2.42. The summed E-state index contributed by atoms with van der Waals surface area (Å²) in [7, 11) is 0. The minimum atomic E-state index is -0.419. The fourth-order valence-corrected chi connectivity index (χ4v) is 2.05. The second-order valence-corrected chi connectivity index (χ2v) is 5.35. The maximum atomic E-state index is 12.1. The van der Waals surface area contributed by atoms with E-state index >= 15 is 0 Å². The highest BCUT2D eigenvalue weighted by Gasteiger charge is 2.34. The van der Waals surface area contributed by atoms with Gasteiger partial charge < -0.3 is 10.6 Å². The quantitative estimate of drug-likeness (QED) is 0.817. The molecule has 1 aliphatic heterocycles. The van der Waals surface area contributed by atoms with Crippen LogP contribution in [-0.4, -0.2) is 12.5 Å². The molecule has 0 saturated carbocycles. The number of halogens is 2. The Kier molecular flexibility index (Phi) is 3.23. The number of nitrogens with one attached hydrogen (secondary N) is 2. The van der Waals surface area contributed by atoms with Gasteiger partial charge in [-0.05, 0) is 25.5 Å². The Bertz CT molecular complexity index is 476. The van der Waals surface area contributed by atoms with Crippen molar-refractivity contribution in [2.24, 2.45) is 5.41 Å². The summed E-state index contributed by atoms with van der Waals surface area (Å²) in [6.45, 7) is 4.52. The predicted octanol–water partition coefficient (Wildman–Crippen LogP) is 3.77. The van der Waals surface area contributed by atoms with Crippen LogP contribution in [0.4, 0.5) is 11.4 Å². The van der Waals surface area contributed by atoms with Crippen LogP contribution in [0.3, 0.4) is 0 Å². The molecule has 2 rings (SSSR count). The smallest absolute Gasteiger partial charge is 0.232 e. The first-order valence-electron chi connectivity index (χ1n) is 5.50. The molecule has 0 aromatic heterocycles. The van der Waals surface area contributed by atoms with Crippen molar-refractivity contribution in [3.05, 3.63) is 22.2 Å². The molecule has 0 saturated heterocycles. The zero-order valence-corrected chi connectivity index (χ0v) is 11.2. The second kappa shape index (κ2) is 4.39. The van der Waals surface area contributed by atoms with Crippen molar-refractivity contribution in [3.8, 4) is 0 Å². The number of amides is 1. The largest absolute Gasteiger partial charge is 0.382 e. The van der Waals surface area contributed by atoms with Crippen LogP contribution in [-0.2, 0) is 4.79 Å². The molecule has 1 amide bonds. The molecule has 17 heavy (non-hydrogen) atoms. The van der Waals surface area contributed by atoms with Gasteiger partial charge in [0.25, 0.3) is 0 Å². The van der Waals surface area contributed by atoms with E-state index in [2.05, 4.69) is 10.6 Å². The van der Waals surface area contributed by atoms with Crippen molar-refractivity contribution >= 4 is 40.5 Å². The van der Waals surface area contributed by atoms with Gasteiger partial charge in [0, 0.05) is 6.54 Å². The van der Waals surface area contributed by atoms with E-state index in [9.17, 15) is 4.79 Å². The fraction of sp³-hybridized carbons (Fsp3) is 0.417.